The largest absolute Gasteiger partial charge is 0.490 e. The summed E-state index contributed by atoms with van der Waals surface area (Å²) in [6.07, 6.45) is 0.820. The molecule has 0 aliphatic carbocycles. The van der Waals surface area contributed by atoms with Gasteiger partial charge in [-0.15, -0.1) is 0 Å². The second kappa shape index (κ2) is 7.09. The van der Waals surface area contributed by atoms with Gasteiger partial charge in [-0.25, -0.2) is 0 Å². The van der Waals surface area contributed by atoms with Gasteiger partial charge in [0.05, 0.1) is 13.2 Å². The maximum absolute atomic E-state index is 8.70. The monoisotopic (exact) mass is 225 g/mol. The van der Waals surface area contributed by atoms with E-state index in [-0.39, 0.29) is 13.2 Å². The third kappa shape index (κ3) is 3.72. The molecule has 0 saturated carbocycles. The molecular formula is C12H19NO3. The minimum absolute atomic E-state index is 0.00385. The average Bonchev–Trinajstić information content (AvgIpc) is 2.29. The molecule has 4 nitrogen and oxygen atoms in total. The lowest BCUT2D eigenvalue weighted by molar-refractivity contribution is 0.194. The Morgan fingerprint density at radius 3 is 2.69 bits per heavy atom. The van der Waals surface area contributed by atoms with Crippen molar-refractivity contribution in [2.24, 2.45) is 5.73 Å². The molecule has 0 aromatic heterocycles. The summed E-state index contributed by atoms with van der Waals surface area (Å²) in [7, 11) is 0. The van der Waals surface area contributed by atoms with Crippen LogP contribution in [-0.2, 0) is 6.42 Å². The zero-order chi connectivity index (χ0) is 11.8. The van der Waals surface area contributed by atoms with Crippen LogP contribution in [0, 0.1) is 0 Å². The van der Waals surface area contributed by atoms with E-state index in [1.54, 1.807) is 0 Å². The van der Waals surface area contributed by atoms with Gasteiger partial charge in [-0.3, -0.25) is 0 Å². The van der Waals surface area contributed by atoms with Crippen molar-refractivity contribution in [3.63, 3.8) is 0 Å². The number of ether oxygens (including phenoxy) is 2. The number of hydrogen-bond donors (Lipinski definition) is 2. The van der Waals surface area contributed by atoms with E-state index in [1.807, 2.05) is 25.1 Å². The van der Waals surface area contributed by atoms with E-state index in [0.717, 1.165) is 12.0 Å². The molecule has 0 unspecified atom stereocenters. The molecule has 3 N–H and O–H groups in total. The van der Waals surface area contributed by atoms with E-state index < -0.39 is 0 Å². The molecule has 0 radical (unpaired) electrons. The van der Waals surface area contributed by atoms with Crippen molar-refractivity contribution < 1.29 is 14.6 Å². The molecule has 1 aromatic rings. The van der Waals surface area contributed by atoms with E-state index in [4.69, 9.17) is 20.3 Å². The fourth-order valence-corrected chi connectivity index (χ4v) is 1.42. The van der Waals surface area contributed by atoms with Gasteiger partial charge in [0.2, 0.25) is 0 Å². The Kier molecular flexibility index (Phi) is 5.67. The number of aliphatic hydroxyl groups is 1. The second-order valence-electron chi connectivity index (χ2n) is 3.32. The topological polar surface area (TPSA) is 64.7 Å². The Labute approximate surface area is 96.0 Å². The molecular weight excluding hydrogens is 206 g/mol. The Morgan fingerprint density at radius 1 is 1.25 bits per heavy atom. The van der Waals surface area contributed by atoms with Crippen molar-refractivity contribution in [2.45, 2.75) is 13.3 Å². The third-order valence-corrected chi connectivity index (χ3v) is 2.09. The van der Waals surface area contributed by atoms with Crippen molar-refractivity contribution >= 4 is 0 Å². The standard InChI is InChI=1S/C12H19NO3/c1-2-15-12-9-10(5-6-13)3-4-11(12)16-8-7-14/h3-4,9,14H,2,5-8,13H2,1H3. The van der Waals surface area contributed by atoms with Gasteiger partial charge in [-0.2, -0.15) is 0 Å². The maximum Gasteiger partial charge on any atom is 0.161 e. The lowest BCUT2D eigenvalue weighted by Gasteiger charge is -2.12. The Balaban J connectivity index is 2.80. The van der Waals surface area contributed by atoms with Crippen molar-refractivity contribution in [1.29, 1.82) is 0 Å². The number of nitrogens with two attached hydrogens (primary N) is 1. The first-order chi connectivity index (χ1) is 7.81. The third-order valence-electron chi connectivity index (χ3n) is 2.09. The van der Waals surface area contributed by atoms with Gasteiger partial charge in [-0.1, -0.05) is 6.07 Å². The highest BCUT2D eigenvalue weighted by Gasteiger charge is 2.05. The summed E-state index contributed by atoms with van der Waals surface area (Å²) in [5.41, 5.74) is 6.62. The molecule has 0 saturated heterocycles. The van der Waals surface area contributed by atoms with Gasteiger partial charge in [0, 0.05) is 0 Å². The van der Waals surface area contributed by atoms with Gasteiger partial charge in [0.15, 0.2) is 11.5 Å². The highest BCUT2D eigenvalue weighted by Crippen LogP contribution is 2.28. The zero-order valence-corrected chi connectivity index (χ0v) is 9.61. The summed E-state index contributed by atoms with van der Waals surface area (Å²) in [6, 6.07) is 5.75. The smallest absolute Gasteiger partial charge is 0.161 e. The Bertz CT molecular complexity index is 315. The number of benzene rings is 1. The van der Waals surface area contributed by atoms with E-state index in [0.29, 0.717) is 24.7 Å². The van der Waals surface area contributed by atoms with E-state index in [9.17, 15) is 0 Å². The van der Waals surface area contributed by atoms with Crippen LogP contribution >= 0.6 is 0 Å². The normalized spacial score (nSPS) is 10.2. The Hall–Kier alpha value is -1.26. The van der Waals surface area contributed by atoms with Gasteiger partial charge < -0.3 is 20.3 Å². The summed E-state index contributed by atoms with van der Waals surface area (Å²) < 4.78 is 10.8. The van der Waals surface area contributed by atoms with Crippen LogP contribution in [0.4, 0.5) is 0 Å². The van der Waals surface area contributed by atoms with Crippen LogP contribution in [0.15, 0.2) is 18.2 Å². The van der Waals surface area contributed by atoms with Crippen LogP contribution < -0.4 is 15.2 Å². The summed E-state index contributed by atoms with van der Waals surface area (Å²) in [6.45, 7) is 3.39. The Morgan fingerprint density at radius 2 is 2.06 bits per heavy atom. The van der Waals surface area contributed by atoms with Crippen molar-refractivity contribution in [1.82, 2.24) is 0 Å². The first kappa shape index (κ1) is 12.8. The van der Waals surface area contributed by atoms with E-state index in [1.165, 1.54) is 0 Å². The lowest BCUT2D eigenvalue weighted by Crippen LogP contribution is -2.06. The molecule has 0 spiro atoms. The first-order valence-electron chi connectivity index (χ1n) is 5.51. The molecule has 0 fully saturated rings. The molecule has 1 aromatic carbocycles. The van der Waals surface area contributed by atoms with Crippen LogP contribution in [-0.4, -0.2) is 31.5 Å². The summed E-state index contributed by atoms with van der Waals surface area (Å²) in [5.74, 6) is 1.37. The molecule has 16 heavy (non-hydrogen) atoms. The number of hydrogen-bond acceptors (Lipinski definition) is 4. The predicted molar refractivity (Wildman–Crippen MR) is 63.0 cm³/mol. The minimum atomic E-state index is -0.00385. The number of aliphatic hydroxyl groups excluding tert-OH is 1. The molecule has 0 amide bonds. The van der Waals surface area contributed by atoms with Crippen LogP contribution in [0.25, 0.3) is 0 Å². The highest BCUT2D eigenvalue weighted by atomic mass is 16.5. The molecule has 0 bridgehead atoms. The molecule has 4 heteroatoms. The second-order valence-corrected chi connectivity index (χ2v) is 3.32. The first-order valence-corrected chi connectivity index (χ1v) is 5.51. The van der Waals surface area contributed by atoms with E-state index in [2.05, 4.69) is 0 Å². The quantitative estimate of drug-likeness (QED) is 0.725. The van der Waals surface area contributed by atoms with Gasteiger partial charge >= 0.3 is 0 Å². The van der Waals surface area contributed by atoms with Crippen LogP contribution in [0.3, 0.4) is 0 Å². The van der Waals surface area contributed by atoms with Crippen LogP contribution in [0.5, 0.6) is 11.5 Å². The van der Waals surface area contributed by atoms with Crippen molar-refractivity contribution in [3.05, 3.63) is 23.8 Å². The maximum atomic E-state index is 8.70. The van der Waals surface area contributed by atoms with Gasteiger partial charge in [0.1, 0.15) is 6.61 Å². The van der Waals surface area contributed by atoms with E-state index >= 15 is 0 Å². The predicted octanol–water partition coefficient (Wildman–Crippen LogP) is 0.958. The fourth-order valence-electron chi connectivity index (χ4n) is 1.42. The summed E-state index contributed by atoms with van der Waals surface area (Å²) in [4.78, 5) is 0. The van der Waals surface area contributed by atoms with Crippen LogP contribution in [0.2, 0.25) is 0 Å². The molecule has 0 atom stereocenters. The molecule has 0 heterocycles. The molecule has 0 aliphatic rings. The zero-order valence-electron chi connectivity index (χ0n) is 9.61. The summed E-state index contributed by atoms with van der Waals surface area (Å²) in [5, 5.41) is 8.70. The lowest BCUT2D eigenvalue weighted by atomic mass is 10.1. The molecule has 90 valence electrons. The molecule has 0 aliphatic heterocycles. The average molecular weight is 225 g/mol. The fraction of sp³-hybridized carbons (Fsp3) is 0.500. The molecule has 1 rings (SSSR count). The SMILES string of the molecule is CCOc1cc(CCN)ccc1OCCO. The minimum Gasteiger partial charge on any atom is -0.490 e. The van der Waals surface area contributed by atoms with Gasteiger partial charge in [-0.05, 0) is 37.6 Å². The van der Waals surface area contributed by atoms with Gasteiger partial charge in [0.25, 0.3) is 0 Å². The van der Waals surface area contributed by atoms with Crippen molar-refractivity contribution in [3.8, 4) is 11.5 Å². The summed E-state index contributed by atoms with van der Waals surface area (Å²) >= 11 is 0. The van der Waals surface area contributed by atoms with Crippen LogP contribution in [0.1, 0.15) is 12.5 Å². The highest BCUT2D eigenvalue weighted by molar-refractivity contribution is 5.43. The number of rotatable bonds is 7. The van der Waals surface area contributed by atoms with Crippen molar-refractivity contribution in [2.75, 3.05) is 26.4 Å².